The Morgan fingerprint density at radius 2 is 2.26 bits per heavy atom. The second-order valence-electron chi connectivity index (χ2n) is 4.14. The van der Waals surface area contributed by atoms with E-state index in [-0.39, 0.29) is 12.6 Å². The molecule has 1 aromatic carbocycles. The molecule has 0 atom stereocenters. The number of ether oxygens (including phenoxy) is 1. The number of nitrogens with zero attached hydrogens (tertiary/aromatic N) is 2. The Labute approximate surface area is 111 Å². The van der Waals surface area contributed by atoms with Crippen molar-refractivity contribution in [3.8, 4) is 11.1 Å². The van der Waals surface area contributed by atoms with Crippen molar-refractivity contribution in [1.82, 2.24) is 9.78 Å². The predicted molar refractivity (Wildman–Crippen MR) is 70.7 cm³/mol. The van der Waals surface area contributed by atoms with Crippen LogP contribution in [0, 0.1) is 0 Å². The molecule has 0 aliphatic carbocycles. The number of aliphatic hydroxyl groups excluding tert-OH is 1. The lowest BCUT2D eigenvalue weighted by molar-refractivity contribution is 0.0601. The molecule has 2 aromatic rings. The molecule has 1 N–H and O–H groups in total. The Morgan fingerprint density at radius 1 is 1.42 bits per heavy atom. The van der Waals surface area contributed by atoms with Crippen LogP contribution in [0.3, 0.4) is 0 Å². The van der Waals surface area contributed by atoms with Crippen molar-refractivity contribution in [2.75, 3.05) is 13.7 Å². The summed E-state index contributed by atoms with van der Waals surface area (Å²) in [7, 11) is 1.36. The van der Waals surface area contributed by atoms with E-state index in [2.05, 4.69) is 5.10 Å². The fourth-order valence-corrected chi connectivity index (χ4v) is 1.81. The summed E-state index contributed by atoms with van der Waals surface area (Å²) < 4.78 is 6.47. The highest BCUT2D eigenvalue weighted by Crippen LogP contribution is 2.20. The van der Waals surface area contributed by atoms with Crippen LogP contribution in [0.1, 0.15) is 16.8 Å². The summed E-state index contributed by atoms with van der Waals surface area (Å²) in [6.07, 6.45) is 4.31. The van der Waals surface area contributed by atoms with Gasteiger partial charge in [-0.2, -0.15) is 5.10 Å². The van der Waals surface area contributed by atoms with E-state index in [1.807, 2.05) is 18.3 Å². The molecule has 0 amide bonds. The van der Waals surface area contributed by atoms with Crippen LogP contribution in [-0.2, 0) is 11.3 Å². The second kappa shape index (κ2) is 6.15. The maximum absolute atomic E-state index is 11.5. The highest BCUT2D eigenvalue weighted by atomic mass is 16.5. The van der Waals surface area contributed by atoms with Gasteiger partial charge in [-0.1, -0.05) is 12.1 Å². The minimum Gasteiger partial charge on any atom is -0.465 e. The van der Waals surface area contributed by atoms with Crippen molar-refractivity contribution in [1.29, 1.82) is 0 Å². The molecule has 0 spiro atoms. The molecule has 2 rings (SSSR count). The summed E-state index contributed by atoms with van der Waals surface area (Å²) in [6.45, 7) is 0.820. The first kappa shape index (κ1) is 13.3. The Hall–Kier alpha value is -2.14. The van der Waals surface area contributed by atoms with Gasteiger partial charge in [-0.3, -0.25) is 4.68 Å². The summed E-state index contributed by atoms with van der Waals surface area (Å²) >= 11 is 0. The van der Waals surface area contributed by atoms with E-state index in [1.165, 1.54) is 7.11 Å². The monoisotopic (exact) mass is 260 g/mol. The van der Waals surface area contributed by atoms with Gasteiger partial charge in [0.2, 0.25) is 0 Å². The van der Waals surface area contributed by atoms with Crippen molar-refractivity contribution in [2.24, 2.45) is 0 Å². The molecule has 0 aliphatic rings. The molecular weight excluding hydrogens is 244 g/mol. The van der Waals surface area contributed by atoms with E-state index in [1.54, 1.807) is 23.0 Å². The quantitative estimate of drug-likeness (QED) is 0.831. The minimum atomic E-state index is -0.352. The minimum absolute atomic E-state index is 0.146. The molecule has 0 saturated heterocycles. The molecular formula is C14H16N2O3. The van der Waals surface area contributed by atoms with E-state index in [4.69, 9.17) is 9.84 Å². The predicted octanol–water partition coefficient (Wildman–Crippen LogP) is 1.72. The van der Waals surface area contributed by atoms with E-state index in [0.29, 0.717) is 18.5 Å². The molecule has 0 unspecified atom stereocenters. The fourth-order valence-electron chi connectivity index (χ4n) is 1.81. The Balaban J connectivity index is 2.21. The van der Waals surface area contributed by atoms with Crippen LogP contribution in [-0.4, -0.2) is 34.6 Å². The van der Waals surface area contributed by atoms with E-state index in [0.717, 1.165) is 11.1 Å². The number of esters is 1. The molecule has 0 radical (unpaired) electrons. The number of aliphatic hydroxyl groups is 1. The molecule has 0 bridgehead atoms. The van der Waals surface area contributed by atoms with Crippen LogP contribution in [0.4, 0.5) is 0 Å². The molecule has 1 aromatic heterocycles. The number of carbonyl (C=O) groups is 1. The Kier molecular flexibility index (Phi) is 4.30. The number of hydrogen-bond donors (Lipinski definition) is 1. The number of carbonyl (C=O) groups excluding carboxylic acids is 1. The molecule has 5 nitrogen and oxygen atoms in total. The summed E-state index contributed by atoms with van der Waals surface area (Å²) in [4.78, 5) is 11.5. The lowest BCUT2D eigenvalue weighted by Gasteiger charge is -2.02. The summed E-state index contributed by atoms with van der Waals surface area (Å²) in [6, 6.07) is 7.22. The molecule has 0 saturated carbocycles. The SMILES string of the molecule is COC(=O)c1cccc(-c2cnn(CCCO)c2)c1. The van der Waals surface area contributed by atoms with Crippen LogP contribution in [0.25, 0.3) is 11.1 Å². The maximum atomic E-state index is 11.5. The summed E-state index contributed by atoms with van der Waals surface area (Å²) in [5.74, 6) is -0.352. The zero-order valence-electron chi connectivity index (χ0n) is 10.7. The first-order valence-corrected chi connectivity index (χ1v) is 6.06. The van der Waals surface area contributed by atoms with Gasteiger partial charge < -0.3 is 9.84 Å². The standard InChI is InChI=1S/C14H16N2O3/c1-19-14(18)12-5-2-4-11(8-12)13-9-15-16(10-13)6-3-7-17/h2,4-5,8-10,17H,3,6-7H2,1H3. The van der Waals surface area contributed by atoms with Gasteiger partial charge in [0.05, 0.1) is 18.9 Å². The van der Waals surface area contributed by atoms with Crippen molar-refractivity contribution < 1.29 is 14.6 Å². The van der Waals surface area contributed by atoms with Crippen molar-refractivity contribution in [3.63, 3.8) is 0 Å². The van der Waals surface area contributed by atoms with Gasteiger partial charge in [0, 0.05) is 24.9 Å². The van der Waals surface area contributed by atoms with Gasteiger partial charge in [-0.05, 0) is 24.1 Å². The molecule has 19 heavy (non-hydrogen) atoms. The van der Waals surface area contributed by atoms with Gasteiger partial charge in [-0.25, -0.2) is 4.79 Å². The Bertz CT molecular complexity index is 563. The van der Waals surface area contributed by atoms with Crippen molar-refractivity contribution >= 4 is 5.97 Å². The number of rotatable bonds is 5. The van der Waals surface area contributed by atoms with Crippen LogP contribution >= 0.6 is 0 Å². The number of benzene rings is 1. The number of aromatic nitrogens is 2. The first-order valence-electron chi connectivity index (χ1n) is 6.06. The van der Waals surface area contributed by atoms with Crippen LogP contribution in [0.2, 0.25) is 0 Å². The summed E-state index contributed by atoms with van der Waals surface area (Å²) in [5.41, 5.74) is 2.37. The highest BCUT2D eigenvalue weighted by molar-refractivity contribution is 5.90. The molecule has 5 heteroatoms. The lowest BCUT2D eigenvalue weighted by atomic mass is 10.1. The highest BCUT2D eigenvalue weighted by Gasteiger charge is 2.08. The number of aryl methyl sites for hydroxylation is 1. The largest absolute Gasteiger partial charge is 0.465 e. The van der Waals surface area contributed by atoms with Gasteiger partial charge >= 0.3 is 5.97 Å². The average molecular weight is 260 g/mol. The average Bonchev–Trinajstić information content (AvgIpc) is 2.93. The van der Waals surface area contributed by atoms with Crippen LogP contribution in [0.5, 0.6) is 0 Å². The van der Waals surface area contributed by atoms with Crippen molar-refractivity contribution in [2.45, 2.75) is 13.0 Å². The Morgan fingerprint density at radius 3 is 3.00 bits per heavy atom. The first-order chi connectivity index (χ1) is 9.24. The smallest absolute Gasteiger partial charge is 0.337 e. The lowest BCUT2D eigenvalue weighted by Crippen LogP contribution is -2.00. The third kappa shape index (κ3) is 3.20. The third-order valence-corrected chi connectivity index (χ3v) is 2.80. The zero-order chi connectivity index (χ0) is 13.7. The number of methoxy groups -OCH3 is 1. The summed E-state index contributed by atoms with van der Waals surface area (Å²) in [5, 5.41) is 13.0. The fraction of sp³-hybridized carbons (Fsp3) is 0.286. The van der Waals surface area contributed by atoms with Crippen molar-refractivity contribution in [3.05, 3.63) is 42.2 Å². The normalized spacial score (nSPS) is 10.4. The van der Waals surface area contributed by atoms with E-state index >= 15 is 0 Å². The molecule has 0 fully saturated rings. The topological polar surface area (TPSA) is 64.3 Å². The molecule has 1 heterocycles. The van der Waals surface area contributed by atoms with Gasteiger partial charge in [0.25, 0.3) is 0 Å². The second-order valence-corrected chi connectivity index (χ2v) is 4.14. The van der Waals surface area contributed by atoms with Crippen LogP contribution in [0.15, 0.2) is 36.7 Å². The van der Waals surface area contributed by atoms with Crippen LogP contribution < -0.4 is 0 Å². The van der Waals surface area contributed by atoms with Gasteiger partial charge in [0.15, 0.2) is 0 Å². The van der Waals surface area contributed by atoms with E-state index in [9.17, 15) is 4.79 Å². The van der Waals surface area contributed by atoms with Gasteiger partial charge in [0.1, 0.15) is 0 Å². The number of hydrogen-bond acceptors (Lipinski definition) is 4. The zero-order valence-corrected chi connectivity index (χ0v) is 10.7. The molecule has 0 aliphatic heterocycles. The van der Waals surface area contributed by atoms with Gasteiger partial charge in [-0.15, -0.1) is 0 Å². The van der Waals surface area contributed by atoms with E-state index < -0.39 is 0 Å². The molecule has 100 valence electrons. The maximum Gasteiger partial charge on any atom is 0.337 e. The third-order valence-electron chi connectivity index (χ3n) is 2.80.